The van der Waals surface area contributed by atoms with Gasteiger partial charge in [-0.2, -0.15) is 0 Å². The third kappa shape index (κ3) is 2.85. The smallest absolute Gasteiger partial charge is 0.328 e. The Morgan fingerprint density at radius 1 is 1.15 bits per heavy atom. The molecule has 102 valence electrons. The van der Waals surface area contributed by atoms with Gasteiger partial charge < -0.3 is 9.67 Å². The third-order valence-electron chi connectivity index (χ3n) is 3.09. The van der Waals surface area contributed by atoms with Gasteiger partial charge in [-0.1, -0.05) is 29.8 Å². The molecule has 0 bridgehead atoms. The molecule has 0 atom stereocenters. The first-order valence-electron chi connectivity index (χ1n) is 6.17. The molecule has 0 saturated heterocycles. The Labute approximate surface area is 116 Å². The van der Waals surface area contributed by atoms with Crippen LogP contribution in [0.1, 0.15) is 11.1 Å². The normalized spacial score (nSPS) is 10.9. The van der Waals surface area contributed by atoms with Gasteiger partial charge in [-0.25, -0.2) is 4.79 Å². The van der Waals surface area contributed by atoms with Crippen LogP contribution in [0.25, 0.3) is 17.3 Å². The van der Waals surface area contributed by atoms with E-state index in [1.165, 1.54) is 10.6 Å². The van der Waals surface area contributed by atoms with E-state index >= 15 is 0 Å². The number of carboxylic acid groups (broad SMARTS) is 1. The van der Waals surface area contributed by atoms with E-state index in [1.54, 1.807) is 13.1 Å². The van der Waals surface area contributed by atoms with Crippen molar-refractivity contribution < 1.29 is 9.90 Å². The highest BCUT2D eigenvalue weighted by Crippen LogP contribution is 2.18. The Balaban J connectivity index is 2.48. The lowest BCUT2D eigenvalue weighted by Crippen LogP contribution is -2.20. The van der Waals surface area contributed by atoms with E-state index in [1.807, 2.05) is 37.3 Å². The number of hydrogen-bond acceptors (Lipinski definition) is 2. The van der Waals surface area contributed by atoms with E-state index in [0.717, 1.165) is 22.9 Å². The van der Waals surface area contributed by atoms with Crippen molar-refractivity contribution in [2.75, 3.05) is 0 Å². The van der Waals surface area contributed by atoms with Gasteiger partial charge in [0, 0.05) is 18.7 Å². The summed E-state index contributed by atoms with van der Waals surface area (Å²) in [6.07, 6.45) is 2.27. The molecule has 2 aromatic rings. The first kappa shape index (κ1) is 13.8. The van der Waals surface area contributed by atoms with Crippen molar-refractivity contribution >= 4 is 12.0 Å². The fourth-order valence-electron chi connectivity index (χ4n) is 1.96. The summed E-state index contributed by atoms with van der Waals surface area (Å²) in [7, 11) is 1.68. The lowest BCUT2D eigenvalue weighted by molar-refractivity contribution is -0.131. The minimum absolute atomic E-state index is 0.222. The molecule has 1 heterocycles. The van der Waals surface area contributed by atoms with Crippen LogP contribution in [0.15, 0.2) is 47.3 Å². The van der Waals surface area contributed by atoms with Crippen LogP contribution in [0.4, 0.5) is 0 Å². The molecule has 0 spiro atoms. The van der Waals surface area contributed by atoms with Crippen LogP contribution in [0.2, 0.25) is 0 Å². The average Bonchev–Trinajstić information content (AvgIpc) is 2.42. The molecule has 1 aromatic carbocycles. The van der Waals surface area contributed by atoms with Gasteiger partial charge in [-0.15, -0.1) is 0 Å². The van der Waals surface area contributed by atoms with Crippen LogP contribution in [-0.2, 0) is 11.8 Å². The molecule has 0 saturated carbocycles. The maximum absolute atomic E-state index is 12.2. The van der Waals surface area contributed by atoms with E-state index in [9.17, 15) is 9.59 Å². The summed E-state index contributed by atoms with van der Waals surface area (Å²) in [5.41, 5.74) is 3.03. The van der Waals surface area contributed by atoms with E-state index in [2.05, 4.69) is 0 Å². The average molecular weight is 269 g/mol. The van der Waals surface area contributed by atoms with Crippen molar-refractivity contribution in [3.63, 3.8) is 0 Å². The number of carboxylic acids is 1. The van der Waals surface area contributed by atoms with Gasteiger partial charge in [-0.3, -0.25) is 4.79 Å². The van der Waals surface area contributed by atoms with Crippen LogP contribution < -0.4 is 5.56 Å². The fraction of sp³-hybridized carbons (Fsp3) is 0.125. The molecular formula is C16H15NO3. The number of aromatic nitrogens is 1. The highest BCUT2D eigenvalue weighted by molar-refractivity contribution is 5.85. The summed E-state index contributed by atoms with van der Waals surface area (Å²) in [6.45, 7) is 2.00. The molecular weight excluding hydrogens is 254 g/mol. The number of nitrogens with zero attached hydrogens (tertiary/aromatic N) is 1. The molecule has 4 heteroatoms. The standard InChI is InChI=1S/C16H15NO3/c1-11-3-5-12(6-4-11)14-9-7-13(8-10-15(18)19)16(20)17(14)2/h3-10H,1-2H3,(H,18,19)/b10-8+. The second-order valence-corrected chi connectivity index (χ2v) is 4.58. The van der Waals surface area contributed by atoms with E-state index in [0.29, 0.717) is 5.56 Å². The maximum Gasteiger partial charge on any atom is 0.328 e. The topological polar surface area (TPSA) is 59.3 Å². The van der Waals surface area contributed by atoms with Crippen LogP contribution >= 0.6 is 0 Å². The van der Waals surface area contributed by atoms with Gasteiger partial charge in [0.15, 0.2) is 0 Å². The molecule has 0 unspecified atom stereocenters. The van der Waals surface area contributed by atoms with Crippen molar-refractivity contribution in [1.82, 2.24) is 4.57 Å². The van der Waals surface area contributed by atoms with Gasteiger partial charge in [0.2, 0.25) is 0 Å². The molecule has 0 aliphatic carbocycles. The minimum atomic E-state index is -1.07. The summed E-state index contributed by atoms with van der Waals surface area (Å²) in [4.78, 5) is 22.7. The minimum Gasteiger partial charge on any atom is -0.478 e. The molecule has 0 fully saturated rings. The van der Waals surface area contributed by atoms with Gasteiger partial charge in [0.25, 0.3) is 5.56 Å². The molecule has 2 rings (SSSR count). The Kier molecular flexibility index (Phi) is 3.84. The lowest BCUT2D eigenvalue weighted by atomic mass is 10.1. The van der Waals surface area contributed by atoms with E-state index < -0.39 is 5.97 Å². The molecule has 1 N–H and O–H groups in total. The van der Waals surface area contributed by atoms with Crippen molar-refractivity contribution in [2.24, 2.45) is 7.05 Å². The number of aliphatic carboxylic acids is 1. The monoisotopic (exact) mass is 269 g/mol. The molecule has 20 heavy (non-hydrogen) atoms. The van der Waals surface area contributed by atoms with Crippen molar-refractivity contribution in [1.29, 1.82) is 0 Å². The van der Waals surface area contributed by atoms with Crippen LogP contribution in [-0.4, -0.2) is 15.6 Å². The van der Waals surface area contributed by atoms with Gasteiger partial charge >= 0.3 is 5.97 Å². The molecule has 0 amide bonds. The number of rotatable bonds is 3. The summed E-state index contributed by atoms with van der Waals surface area (Å²) >= 11 is 0. The Morgan fingerprint density at radius 3 is 2.40 bits per heavy atom. The maximum atomic E-state index is 12.2. The zero-order chi connectivity index (χ0) is 14.7. The Bertz CT molecular complexity index is 724. The molecule has 0 aliphatic rings. The predicted octanol–water partition coefficient (Wildman–Crippen LogP) is 2.46. The summed E-state index contributed by atoms with van der Waals surface area (Å²) in [5, 5.41) is 8.60. The highest BCUT2D eigenvalue weighted by atomic mass is 16.4. The first-order chi connectivity index (χ1) is 9.49. The third-order valence-corrected chi connectivity index (χ3v) is 3.09. The van der Waals surface area contributed by atoms with Gasteiger partial charge in [-0.05, 0) is 30.7 Å². The molecule has 0 aliphatic heterocycles. The molecule has 4 nitrogen and oxygen atoms in total. The Morgan fingerprint density at radius 2 is 1.80 bits per heavy atom. The van der Waals surface area contributed by atoms with Crippen molar-refractivity contribution in [3.05, 3.63) is 64.0 Å². The highest BCUT2D eigenvalue weighted by Gasteiger charge is 2.06. The van der Waals surface area contributed by atoms with Crippen LogP contribution in [0.3, 0.4) is 0 Å². The number of aryl methyl sites for hydroxylation is 1. The number of pyridine rings is 1. The largest absolute Gasteiger partial charge is 0.478 e. The predicted molar refractivity (Wildman–Crippen MR) is 78.5 cm³/mol. The first-order valence-corrected chi connectivity index (χ1v) is 6.17. The second-order valence-electron chi connectivity index (χ2n) is 4.58. The van der Waals surface area contributed by atoms with E-state index in [4.69, 9.17) is 5.11 Å². The Hall–Kier alpha value is -2.62. The van der Waals surface area contributed by atoms with Gasteiger partial charge in [0.05, 0.1) is 5.69 Å². The quantitative estimate of drug-likeness (QED) is 0.871. The lowest BCUT2D eigenvalue weighted by Gasteiger charge is -2.09. The number of benzene rings is 1. The summed E-state index contributed by atoms with van der Waals surface area (Å²) < 4.78 is 1.52. The number of hydrogen-bond donors (Lipinski definition) is 1. The van der Waals surface area contributed by atoms with Gasteiger partial charge in [0.1, 0.15) is 0 Å². The molecule has 0 radical (unpaired) electrons. The summed E-state index contributed by atoms with van der Waals surface area (Å²) in [5.74, 6) is -1.07. The second kappa shape index (κ2) is 5.57. The zero-order valence-corrected chi connectivity index (χ0v) is 11.3. The van der Waals surface area contributed by atoms with Crippen LogP contribution in [0, 0.1) is 6.92 Å². The summed E-state index contributed by atoms with van der Waals surface area (Å²) in [6, 6.07) is 11.3. The number of carbonyl (C=O) groups is 1. The van der Waals surface area contributed by atoms with Crippen molar-refractivity contribution in [3.8, 4) is 11.3 Å². The van der Waals surface area contributed by atoms with Crippen molar-refractivity contribution in [2.45, 2.75) is 6.92 Å². The zero-order valence-electron chi connectivity index (χ0n) is 11.3. The fourth-order valence-corrected chi connectivity index (χ4v) is 1.96. The molecule has 1 aromatic heterocycles. The van der Waals surface area contributed by atoms with Crippen LogP contribution in [0.5, 0.6) is 0 Å². The SMILES string of the molecule is Cc1ccc(-c2ccc(/C=C/C(=O)O)c(=O)n2C)cc1. The van der Waals surface area contributed by atoms with E-state index in [-0.39, 0.29) is 5.56 Å².